The topological polar surface area (TPSA) is 62.4 Å². The van der Waals surface area contributed by atoms with E-state index in [2.05, 4.69) is 4.98 Å². The minimum atomic E-state index is -0.541. The van der Waals surface area contributed by atoms with E-state index in [0.29, 0.717) is 45.1 Å². The molecule has 1 aromatic heterocycles. The first-order chi connectivity index (χ1) is 13.5. The van der Waals surface area contributed by atoms with Crippen LogP contribution in [0.4, 0.5) is 5.69 Å². The van der Waals surface area contributed by atoms with Crippen LogP contribution in [0, 0.1) is 0 Å². The van der Waals surface area contributed by atoms with E-state index in [1.807, 2.05) is 30.3 Å². The number of carbonyl (C=O) groups is 2. The zero-order valence-corrected chi connectivity index (χ0v) is 16.5. The van der Waals surface area contributed by atoms with Gasteiger partial charge in [-0.3, -0.25) is 4.79 Å². The molecule has 1 aliphatic rings. The number of halogens is 2. The number of H-pyrrole nitrogens is 1. The van der Waals surface area contributed by atoms with Crippen LogP contribution in [0.25, 0.3) is 17.0 Å². The number of amides is 1. The molecule has 0 bridgehead atoms. The lowest BCUT2D eigenvalue weighted by atomic mass is 10.1. The molecular formula is C21H16Cl2N2O3. The minimum absolute atomic E-state index is 0.0959. The number of ether oxygens (including phenoxy) is 1. The zero-order chi connectivity index (χ0) is 19.8. The summed E-state index contributed by atoms with van der Waals surface area (Å²) >= 11 is 12.5. The van der Waals surface area contributed by atoms with Gasteiger partial charge in [0.25, 0.3) is 5.91 Å². The van der Waals surface area contributed by atoms with Crippen molar-refractivity contribution in [1.82, 2.24) is 4.98 Å². The SMILES string of the molecule is COC(=O)c1[nH]c2cc(Cl)cc(Cl)c2c1/C=C1\CCN(c2ccccc2)C1=O. The fourth-order valence-corrected chi connectivity index (χ4v) is 4.05. The number of methoxy groups -OCH3 is 1. The third-order valence-corrected chi connectivity index (χ3v) is 5.27. The molecule has 0 unspecified atom stereocenters. The number of nitrogens with one attached hydrogen (secondary N) is 1. The number of aromatic amines is 1. The van der Waals surface area contributed by atoms with Crippen molar-refractivity contribution in [3.63, 3.8) is 0 Å². The molecule has 1 saturated heterocycles. The Morgan fingerprint density at radius 3 is 2.68 bits per heavy atom. The van der Waals surface area contributed by atoms with Crippen LogP contribution in [-0.4, -0.2) is 30.5 Å². The lowest BCUT2D eigenvalue weighted by Gasteiger charge is -2.14. The normalized spacial score (nSPS) is 15.6. The van der Waals surface area contributed by atoms with Crippen LogP contribution in [-0.2, 0) is 9.53 Å². The van der Waals surface area contributed by atoms with E-state index in [0.717, 1.165) is 5.69 Å². The predicted octanol–water partition coefficient (Wildman–Crippen LogP) is 5.08. The van der Waals surface area contributed by atoms with Crippen LogP contribution in [0.5, 0.6) is 0 Å². The molecule has 5 nitrogen and oxygen atoms in total. The molecule has 3 aromatic rings. The van der Waals surface area contributed by atoms with Gasteiger partial charge in [-0.05, 0) is 36.8 Å². The first kappa shape index (κ1) is 18.6. The van der Waals surface area contributed by atoms with Crippen LogP contribution in [0.15, 0.2) is 48.0 Å². The molecular weight excluding hydrogens is 399 g/mol. The van der Waals surface area contributed by atoms with Crippen molar-refractivity contribution in [2.75, 3.05) is 18.6 Å². The molecule has 1 N–H and O–H groups in total. The summed E-state index contributed by atoms with van der Waals surface area (Å²) < 4.78 is 4.89. The van der Waals surface area contributed by atoms with Gasteiger partial charge in [0.1, 0.15) is 5.69 Å². The third kappa shape index (κ3) is 3.17. The van der Waals surface area contributed by atoms with E-state index in [1.165, 1.54) is 7.11 Å². The fraction of sp³-hybridized carbons (Fsp3) is 0.143. The maximum absolute atomic E-state index is 12.9. The monoisotopic (exact) mass is 414 g/mol. The Morgan fingerprint density at radius 2 is 1.96 bits per heavy atom. The number of benzene rings is 2. The van der Waals surface area contributed by atoms with Crippen molar-refractivity contribution >= 4 is 57.7 Å². The summed E-state index contributed by atoms with van der Waals surface area (Å²) in [6.07, 6.45) is 2.28. The largest absolute Gasteiger partial charge is 0.464 e. The Balaban J connectivity index is 1.83. The minimum Gasteiger partial charge on any atom is -0.464 e. The zero-order valence-electron chi connectivity index (χ0n) is 15.0. The summed E-state index contributed by atoms with van der Waals surface area (Å²) in [7, 11) is 1.30. The van der Waals surface area contributed by atoms with E-state index in [9.17, 15) is 9.59 Å². The summed E-state index contributed by atoms with van der Waals surface area (Å²) in [5.74, 6) is -0.637. The average molecular weight is 415 g/mol. The molecule has 28 heavy (non-hydrogen) atoms. The summed E-state index contributed by atoms with van der Waals surface area (Å²) in [4.78, 5) is 30.0. The highest BCUT2D eigenvalue weighted by Gasteiger charge is 2.28. The maximum Gasteiger partial charge on any atom is 0.355 e. The number of hydrogen-bond acceptors (Lipinski definition) is 3. The second-order valence-corrected chi connectivity index (χ2v) is 7.27. The van der Waals surface area contributed by atoms with Crippen LogP contribution in [0.2, 0.25) is 10.0 Å². The van der Waals surface area contributed by atoms with Gasteiger partial charge in [-0.1, -0.05) is 41.4 Å². The Kier molecular flexibility index (Phi) is 4.87. The Bertz CT molecular complexity index is 1120. The van der Waals surface area contributed by atoms with Gasteiger partial charge in [0.15, 0.2) is 0 Å². The smallest absolute Gasteiger partial charge is 0.355 e. The van der Waals surface area contributed by atoms with Crippen LogP contribution in [0.3, 0.4) is 0 Å². The predicted molar refractivity (Wildman–Crippen MR) is 111 cm³/mol. The Labute approximate surface area is 171 Å². The number of esters is 1. The van der Waals surface area contributed by atoms with Crippen LogP contribution >= 0.6 is 23.2 Å². The van der Waals surface area contributed by atoms with Gasteiger partial charge in [-0.25, -0.2) is 4.79 Å². The number of carbonyl (C=O) groups excluding carboxylic acids is 2. The van der Waals surface area contributed by atoms with E-state index in [-0.39, 0.29) is 11.6 Å². The van der Waals surface area contributed by atoms with Gasteiger partial charge in [0.05, 0.1) is 12.1 Å². The Hall–Kier alpha value is -2.76. The maximum atomic E-state index is 12.9. The molecule has 2 heterocycles. The number of anilines is 1. The summed E-state index contributed by atoms with van der Waals surface area (Å²) in [6, 6.07) is 12.8. The number of hydrogen-bond donors (Lipinski definition) is 1. The highest BCUT2D eigenvalue weighted by molar-refractivity contribution is 6.39. The second kappa shape index (κ2) is 7.34. The fourth-order valence-electron chi connectivity index (χ4n) is 3.46. The number of para-hydroxylation sites is 1. The van der Waals surface area contributed by atoms with Gasteiger partial charge < -0.3 is 14.6 Å². The van der Waals surface area contributed by atoms with Gasteiger partial charge in [0, 0.05) is 39.3 Å². The van der Waals surface area contributed by atoms with Gasteiger partial charge >= 0.3 is 5.97 Å². The van der Waals surface area contributed by atoms with Crippen molar-refractivity contribution in [1.29, 1.82) is 0 Å². The molecule has 0 radical (unpaired) electrons. The van der Waals surface area contributed by atoms with E-state index >= 15 is 0 Å². The average Bonchev–Trinajstić information content (AvgIpc) is 3.23. The van der Waals surface area contributed by atoms with Crippen molar-refractivity contribution < 1.29 is 14.3 Å². The first-order valence-electron chi connectivity index (χ1n) is 8.66. The van der Waals surface area contributed by atoms with Gasteiger partial charge in [-0.15, -0.1) is 0 Å². The van der Waals surface area contributed by atoms with Gasteiger partial charge in [0.2, 0.25) is 0 Å². The third-order valence-electron chi connectivity index (χ3n) is 4.75. The molecule has 1 fully saturated rings. The lowest BCUT2D eigenvalue weighted by Crippen LogP contribution is -2.24. The molecule has 0 aliphatic carbocycles. The van der Waals surface area contributed by atoms with Crippen LogP contribution in [0.1, 0.15) is 22.5 Å². The summed E-state index contributed by atoms with van der Waals surface area (Å²) in [6.45, 7) is 0.574. The number of nitrogens with zero attached hydrogens (tertiary/aromatic N) is 1. The van der Waals surface area contributed by atoms with Crippen molar-refractivity contribution in [2.24, 2.45) is 0 Å². The number of aromatic nitrogens is 1. The van der Waals surface area contributed by atoms with Crippen molar-refractivity contribution in [3.8, 4) is 0 Å². The molecule has 0 spiro atoms. The molecule has 7 heteroatoms. The highest BCUT2D eigenvalue weighted by atomic mass is 35.5. The van der Waals surface area contributed by atoms with Gasteiger partial charge in [-0.2, -0.15) is 0 Å². The second-order valence-electron chi connectivity index (χ2n) is 6.43. The Morgan fingerprint density at radius 1 is 1.21 bits per heavy atom. The van der Waals surface area contributed by atoms with E-state index < -0.39 is 5.97 Å². The first-order valence-corrected chi connectivity index (χ1v) is 9.41. The molecule has 2 aromatic carbocycles. The number of fused-ring (bicyclic) bond motifs is 1. The quantitative estimate of drug-likeness (QED) is 0.479. The molecule has 0 saturated carbocycles. The van der Waals surface area contributed by atoms with E-state index in [1.54, 1.807) is 23.1 Å². The van der Waals surface area contributed by atoms with Crippen molar-refractivity contribution in [3.05, 3.63) is 69.3 Å². The number of rotatable bonds is 3. The summed E-state index contributed by atoms with van der Waals surface area (Å²) in [5, 5.41) is 1.47. The van der Waals surface area contributed by atoms with Crippen LogP contribution < -0.4 is 4.90 Å². The van der Waals surface area contributed by atoms with E-state index in [4.69, 9.17) is 27.9 Å². The summed E-state index contributed by atoms with van der Waals surface area (Å²) in [5.41, 5.74) is 2.81. The highest BCUT2D eigenvalue weighted by Crippen LogP contribution is 2.35. The molecule has 142 valence electrons. The molecule has 4 rings (SSSR count). The molecule has 0 atom stereocenters. The standard InChI is InChI=1S/C21H16Cl2N2O3/c1-28-21(27)19-15(18-16(23)10-13(22)11-17(18)24-19)9-12-7-8-25(20(12)26)14-5-3-2-4-6-14/h2-6,9-11,24H,7-8H2,1H3/b12-9+. The molecule has 1 amide bonds. The van der Waals surface area contributed by atoms with Crippen molar-refractivity contribution in [2.45, 2.75) is 6.42 Å². The lowest BCUT2D eigenvalue weighted by molar-refractivity contribution is -0.114. The molecule has 1 aliphatic heterocycles.